The highest BCUT2D eigenvalue weighted by Crippen LogP contribution is 2.31. The van der Waals surface area contributed by atoms with Gasteiger partial charge in [0.25, 0.3) is 0 Å². The number of nitrogens with one attached hydrogen (secondary N) is 1. The highest BCUT2D eigenvalue weighted by molar-refractivity contribution is 5.74. The van der Waals surface area contributed by atoms with Gasteiger partial charge in [-0.05, 0) is 42.6 Å². The van der Waals surface area contributed by atoms with Gasteiger partial charge in [0.2, 0.25) is 5.91 Å². The third-order valence-electron chi connectivity index (χ3n) is 3.95. The summed E-state index contributed by atoms with van der Waals surface area (Å²) < 4.78 is 36.5. The van der Waals surface area contributed by atoms with Gasteiger partial charge in [-0.15, -0.1) is 0 Å². The predicted molar refractivity (Wildman–Crippen MR) is 114 cm³/mol. The Morgan fingerprint density at radius 3 is 1.85 bits per heavy atom. The molecular weight excluding hydrogens is 440 g/mol. The Bertz CT molecular complexity index is 1010. The van der Waals surface area contributed by atoms with E-state index in [9.17, 15) is 23.2 Å². The monoisotopic (exact) mass is 466 g/mol. The summed E-state index contributed by atoms with van der Waals surface area (Å²) in [5, 5.41) is 20.4. The maximum absolute atomic E-state index is 13.9. The van der Waals surface area contributed by atoms with E-state index in [0.717, 1.165) is 19.1 Å². The van der Waals surface area contributed by atoms with Crippen molar-refractivity contribution in [2.45, 2.75) is 33.6 Å². The Morgan fingerprint density at radius 1 is 0.848 bits per heavy atom. The van der Waals surface area contributed by atoms with Crippen LogP contribution in [0.4, 0.5) is 8.78 Å². The topological polar surface area (TPSA) is 148 Å². The quantitative estimate of drug-likeness (QED) is 0.275. The third kappa shape index (κ3) is 9.52. The lowest BCUT2D eigenvalue weighted by molar-refractivity contribution is -0.134. The van der Waals surface area contributed by atoms with Gasteiger partial charge in [0.1, 0.15) is 11.6 Å². The third-order valence-corrected chi connectivity index (χ3v) is 3.95. The zero-order valence-corrected chi connectivity index (χ0v) is 18.4. The molecule has 2 aromatic rings. The van der Waals surface area contributed by atoms with Crippen LogP contribution in [0.3, 0.4) is 0 Å². The van der Waals surface area contributed by atoms with Crippen LogP contribution >= 0.6 is 0 Å². The van der Waals surface area contributed by atoms with E-state index >= 15 is 0 Å². The van der Waals surface area contributed by atoms with E-state index in [-0.39, 0.29) is 41.7 Å². The van der Waals surface area contributed by atoms with E-state index in [1.165, 1.54) is 26.0 Å². The molecule has 11 heteroatoms. The molecule has 5 N–H and O–H groups in total. The number of nitrogens with two attached hydrogens (primary N) is 1. The first kappa shape index (κ1) is 27.3. The summed E-state index contributed by atoms with van der Waals surface area (Å²) >= 11 is 0. The molecule has 0 bridgehead atoms. The van der Waals surface area contributed by atoms with Gasteiger partial charge in [-0.3, -0.25) is 14.4 Å². The Kier molecular flexibility index (Phi) is 10.7. The second-order valence-electron chi connectivity index (χ2n) is 6.78. The van der Waals surface area contributed by atoms with Crippen molar-refractivity contribution in [3.05, 3.63) is 47.0 Å². The van der Waals surface area contributed by atoms with Crippen molar-refractivity contribution in [1.29, 1.82) is 0 Å². The number of hydrogen-bond donors (Lipinski definition) is 4. The minimum Gasteiger partial charge on any atom is -0.504 e. The number of carbonyl (C=O) groups is 3. The lowest BCUT2D eigenvalue weighted by atomic mass is 10.1. The number of hydrogen-bond acceptors (Lipinski definition) is 8. The van der Waals surface area contributed by atoms with Gasteiger partial charge in [-0.2, -0.15) is 0 Å². The number of benzene rings is 2. The van der Waals surface area contributed by atoms with Crippen LogP contribution < -0.4 is 20.5 Å². The average molecular weight is 466 g/mol. The standard InChI is InChI=1S/C14H16FNO5.C8H10FNO2/c1-8(17)16-5-4-11-6-13(20-9(2)18)14(7-12(11)15)21-10(3)19;9-6-4-8(12)7(11)3-5(6)1-2-10/h6-7H,4-5H2,1-3H3,(H,16,17);3-4,11-12H,1-2,10H2/i15-1;9-1. The second kappa shape index (κ2) is 13.0. The number of phenolic OH excluding ortho intramolecular Hbond substituents is 2. The van der Waals surface area contributed by atoms with Crippen LogP contribution in [-0.4, -0.2) is 41.1 Å². The van der Waals surface area contributed by atoms with E-state index in [2.05, 4.69) is 5.32 Å². The van der Waals surface area contributed by atoms with Crippen molar-refractivity contribution in [2.75, 3.05) is 13.1 Å². The summed E-state index contributed by atoms with van der Waals surface area (Å²) in [6, 6.07) is 4.30. The molecule has 0 aliphatic carbocycles. The molecule has 0 aromatic heterocycles. The van der Waals surface area contributed by atoms with Crippen LogP contribution in [0.15, 0.2) is 24.3 Å². The van der Waals surface area contributed by atoms with Gasteiger partial charge in [0, 0.05) is 39.4 Å². The molecule has 2 aromatic carbocycles. The van der Waals surface area contributed by atoms with Gasteiger partial charge in [-0.1, -0.05) is 0 Å². The maximum atomic E-state index is 13.9. The molecule has 0 atom stereocenters. The first-order chi connectivity index (χ1) is 15.4. The van der Waals surface area contributed by atoms with Crippen LogP contribution in [0, 0.1) is 11.6 Å². The van der Waals surface area contributed by atoms with Gasteiger partial charge in [0.05, 0.1) is 0 Å². The fourth-order valence-corrected chi connectivity index (χ4v) is 2.55. The molecule has 0 radical (unpaired) electrons. The van der Waals surface area contributed by atoms with E-state index in [1.54, 1.807) is 0 Å². The zero-order valence-electron chi connectivity index (χ0n) is 18.4. The van der Waals surface area contributed by atoms with Gasteiger partial charge < -0.3 is 30.7 Å². The van der Waals surface area contributed by atoms with Crippen LogP contribution in [0.2, 0.25) is 0 Å². The average Bonchev–Trinajstić information content (AvgIpc) is 2.69. The molecule has 0 unspecified atom stereocenters. The molecule has 33 heavy (non-hydrogen) atoms. The summed E-state index contributed by atoms with van der Waals surface area (Å²) in [4.78, 5) is 32.8. The van der Waals surface area contributed by atoms with Crippen LogP contribution in [0.5, 0.6) is 23.0 Å². The van der Waals surface area contributed by atoms with Crippen LogP contribution in [0.25, 0.3) is 0 Å². The van der Waals surface area contributed by atoms with Crippen molar-refractivity contribution in [2.24, 2.45) is 5.73 Å². The number of amides is 1. The second-order valence-corrected chi connectivity index (χ2v) is 6.78. The Balaban J connectivity index is 0.000000383. The minimum absolute atomic E-state index is 0.0445. The molecule has 9 nitrogen and oxygen atoms in total. The Morgan fingerprint density at radius 2 is 1.33 bits per heavy atom. The molecule has 0 heterocycles. The molecule has 1 amide bonds. The zero-order chi connectivity index (χ0) is 25.1. The fraction of sp³-hybridized carbons (Fsp3) is 0.318. The Hall–Kier alpha value is -3.73. The number of ether oxygens (including phenoxy) is 2. The molecule has 0 saturated heterocycles. The SMILES string of the molecule is CC(=O)NCCc1cc(OC(C)=O)c(OC(C)=O)cc1[18F].NCCc1cc(O)c(O)cc1[18F]. The highest BCUT2D eigenvalue weighted by atomic mass is 18.2. The highest BCUT2D eigenvalue weighted by Gasteiger charge is 2.15. The molecule has 0 spiro atoms. The van der Waals surface area contributed by atoms with E-state index in [0.29, 0.717) is 18.5 Å². The number of carbonyl (C=O) groups excluding carboxylic acids is 3. The molecular formula is C22H26F2N2O7. The summed E-state index contributed by atoms with van der Waals surface area (Å²) in [6.07, 6.45) is 0.555. The molecule has 0 aliphatic heterocycles. The number of aromatic hydroxyl groups is 2. The van der Waals surface area contributed by atoms with E-state index in [4.69, 9.17) is 25.4 Å². The first-order valence-electron chi connectivity index (χ1n) is 9.78. The van der Waals surface area contributed by atoms with Crippen molar-refractivity contribution >= 4 is 17.8 Å². The smallest absolute Gasteiger partial charge is 0.308 e. The molecule has 0 saturated carbocycles. The molecule has 0 aliphatic rings. The summed E-state index contributed by atoms with van der Waals surface area (Å²) in [6.45, 7) is 4.22. The fourth-order valence-electron chi connectivity index (χ4n) is 2.55. The largest absolute Gasteiger partial charge is 0.504 e. The predicted octanol–water partition coefficient (Wildman–Crippen LogP) is 2.09. The summed E-state index contributed by atoms with van der Waals surface area (Å²) in [5.41, 5.74) is 5.75. The summed E-state index contributed by atoms with van der Waals surface area (Å²) in [7, 11) is 0. The van der Waals surface area contributed by atoms with Crippen molar-refractivity contribution in [1.82, 2.24) is 5.32 Å². The van der Waals surface area contributed by atoms with Gasteiger partial charge >= 0.3 is 11.9 Å². The number of phenols is 2. The van der Waals surface area contributed by atoms with Gasteiger partial charge in [-0.25, -0.2) is 8.78 Å². The normalized spacial score (nSPS) is 10.0. The lowest BCUT2D eigenvalue weighted by Gasteiger charge is -2.12. The number of halogens is 2. The molecule has 2 rings (SSSR count). The summed E-state index contributed by atoms with van der Waals surface area (Å²) in [5.74, 6) is -3.66. The lowest BCUT2D eigenvalue weighted by Crippen LogP contribution is -2.22. The van der Waals surface area contributed by atoms with Crippen molar-refractivity contribution < 1.29 is 42.9 Å². The Labute approximate surface area is 189 Å². The minimum atomic E-state index is -0.659. The van der Waals surface area contributed by atoms with Crippen LogP contribution in [0.1, 0.15) is 31.9 Å². The van der Waals surface area contributed by atoms with E-state index in [1.807, 2.05) is 0 Å². The van der Waals surface area contributed by atoms with Crippen molar-refractivity contribution in [3.8, 4) is 23.0 Å². The number of rotatable bonds is 7. The first-order valence-corrected chi connectivity index (χ1v) is 9.78. The molecule has 0 fully saturated rings. The maximum Gasteiger partial charge on any atom is 0.308 e. The molecule has 180 valence electrons. The van der Waals surface area contributed by atoms with Crippen LogP contribution in [-0.2, 0) is 27.2 Å². The van der Waals surface area contributed by atoms with Gasteiger partial charge in [0.15, 0.2) is 23.0 Å². The number of esters is 2. The van der Waals surface area contributed by atoms with E-state index < -0.39 is 29.3 Å². The van der Waals surface area contributed by atoms with Crippen molar-refractivity contribution in [3.63, 3.8) is 0 Å².